The third-order valence-corrected chi connectivity index (χ3v) is 6.42. The SMILES string of the molecule is COc1cnc(NC(=O)C2CC2)cc1Nc1cccc(-c2cnn([C@H]3CCC[C@@H]3F)c2)c1OC. The zero-order chi connectivity index (χ0) is 23.7. The van der Waals surface area contributed by atoms with Gasteiger partial charge >= 0.3 is 0 Å². The maximum atomic E-state index is 14.2. The molecule has 0 aliphatic heterocycles. The lowest BCUT2D eigenvalue weighted by atomic mass is 10.1. The van der Waals surface area contributed by atoms with Crippen molar-refractivity contribution in [2.24, 2.45) is 5.92 Å². The summed E-state index contributed by atoms with van der Waals surface area (Å²) in [6.45, 7) is 0. The number of hydrogen-bond donors (Lipinski definition) is 2. The van der Waals surface area contributed by atoms with Crippen molar-refractivity contribution in [3.8, 4) is 22.6 Å². The van der Waals surface area contributed by atoms with Crippen molar-refractivity contribution in [2.45, 2.75) is 44.3 Å². The number of nitrogens with one attached hydrogen (secondary N) is 2. The monoisotopic (exact) mass is 465 g/mol. The van der Waals surface area contributed by atoms with Crippen LogP contribution in [0.1, 0.15) is 38.1 Å². The van der Waals surface area contributed by atoms with Gasteiger partial charge in [-0.1, -0.05) is 12.1 Å². The van der Waals surface area contributed by atoms with E-state index in [9.17, 15) is 9.18 Å². The zero-order valence-corrected chi connectivity index (χ0v) is 19.3. The molecule has 1 amide bonds. The number of aromatic nitrogens is 3. The van der Waals surface area contributed by atoms with Gasteiger partial charge in [0.15, 0.2) is 5.75 Å². The van der Waals surface area contributed by atoms with Gasteiger partial charge in [0.05, 0.1) is 44.0 Å². The van der Waals surface area contributed by atoms with Crippen LogP contribution in [0.25, 0.3) is 11.1 Å². The number of alkyl halides is 1. The summed E-state index contributed by atoms with van der Waals surface area (Å²) >= 11 is 0. The minimum absolute atomic E-state index is 0.0158. The van der Waals surface area contributed by atoms with Gasteiger partial charge in [0.2, 0.25) is 5.91 Å². The van der Waals surface area contributed by atoms with Crippen LogP contribution in [0.15, 0.2) is 42.9 Å². The number of nitrogens with zero attached hydrogens (tertiary/aromatic N) is 3. The van der Waals surface area contributed by atoms with E-state index in [1.165, 1.54) is 0 Å². The lowest BCUT2D eigenvalue weighted by molar-refractivity contribution is -0.117. The summed E-state index contributed by atoms with van der Waals surface area (Å²) in [6, 6.07) is 7.27. The molecule has 9 heteroatoms. The predicted octanol–water partition coefficient (Wildman–Crippen LogP) is 5.12. The Balaban J connectivity index is 1.43. The predicted molar refractivity (Wildman–Crippen MR) is 127 cm³/mol. The van der Waals surface area contributed by atoms with Crippen molar-refractivity contribution in [1.82, 2.24) is 14.8 Å². The maximum absolute atomic E-state index is 14.2. The van der Waals surface area contributed by atoms with Crippen LogP contribution in [0.2, 0.25) is 0 Å². The molecule has 178 valence electrons. The number of methoxy groups -OCH3 is 2. The Morgan fingerprint density at radius 2 is 1.97 bits per heavy atom. The average Bonchev–Trinajstić information content (AvgIpc) is 3.44. The molecule has 2 atom stereocenters. The number of ether oxygens (including phenoxy) is 2. The second-order valence-corrected chi connectivity index (χ2v) is 8.77. The molecule has 0 saturated heterocycles. The van der Waals surface area contributed by atoms with Crippen molar-refractivity contribution in [2.75, 3.05) is 24.9 Å². The smallest absolute Gasteiger partial charge is 0.228 e. The van der Waals surface area contributed by atoms with E-state index in [1.54, 1.807) is 37.4 Å². The van der Waals surface area contributed by atoms with E-state index < -0.39 is 6.17 Å². The van der Waals surface area contributed by atoms with E-state index in [0.29, 0.717) is 35.1 Å². The van der Waals surface area contributed by atoms with E-state index >= 15 is 0 Å². The highest BCUT2D eigenvalue weighted by Gasteiger charge is 2.30. The molecule has 0 radical (unpaired) electrons. The highest BCUT2D eigenvalue weighted by Crippen LogP contribution is 2.41. The van der Waals surface area contributed by atoms with Crippen LogP contribution in [0.5, 0.6) is 11.5 Å². The first-order chi connectivity index (χ1) is 16.6. The number of anilines is 3. The molecule has 0 bridgehead atoms. The Kier molecular flexibility index (Phi) is 6.08. The summed E-state index contributed by atoms with van der Waals surface area (Å²) in [5.74, 6) is 1.66. The number of rotatable bonds is 8. The van der Waals surface area contributed by atoms with Gasteiger partial charge in [-0.2, -0.15) is 5.10 Å². The van der Waals surface area contributed by atoms with Crippen LogP contribution < -0.4 is 20.1 Å². The Morgan fingerprint density at radius 3 is 2.68 bits per heavy atom. The average molecular weight is 466 g/mol. The van der Waals surface area contributed by atoms with Crippen molar-refractivity contribution < 1.29 is 18.7 Å². The zero-order valence-electron chi connectivity index (χ0n) is 19.3. The lowest BCUT2D eigenvalue weighted by Crippen LogP contribution is -2.14. The molecule has 2 aromatic heterocycles. The summed E-state index contributed by atoms with van der Waals surface area (Å²) in [6.07, 6.45) is 8.41. The number of amides is 1. The molecule has 3 aromatic rings. The molecule has 8 nitrogen and oxygen atoms in total. The van der Waals surface area contributed by atoms with Crippen molar-refractivity contribution in [1.29, 1.82) is 0 Å². The molecule has 2 aliphatic rings. The van der Waals surface area contributed by atoms with E-state index in [2.05, 4.69) is 20.7 Å². The largest absolute Gasteiger partial charge is 0.494 e. The number of para-hydroxylation sites is 1. The molecule has 0 unspecified atom stereocenters. The third kappa shape index (κ3) is 4.42. The molecule has 34 heavy (non-hydrogen) atoms. The highest BCUT2D eigenvalue weighted by molar-refractivity contribution is 5.94. The molecule has 5 rings (SSSR count). The molecule has 0 spiro atoms. The number of benzene rings is 1. The molecular formula is C25H28FN5O3. The van der Waals surface area contributed by atoms with Crippen LogP contribution in [0.3, 0.4) is 0 Å². The third-order valence-electron chi connectivity index (χ3n) is 6.42. The van der Waals surface area contributed by atoms with Crippen LogP contribution in [0, 0.1) is 5.92 Å². The molecule has 2 N–H and O–H groups in total. The summed E-state index contributed by atoms with van der Waals surface area (Å²) in [5, 5.41) is 10.6. The Morgan fingerprint density at radius 1 is 1.12 bits per heavy atom. The first-order valence-electron chi connectivity index (χ1n) is 11.5. The quantitative estimate of drug-likeness (QED) is 0.480. The number of pyridine rings is 1. The molecule has 2 aliphatic carbocycles. The standard InChI is InChI=1S/C25H28FN5O3/c1-33-22-13-27-23(30-25(32)15-9-10-15)11-20(22)29-19-7-3-5-17(24(19)34-2)16-12-28-31(14-16)21-8-4-6-18(21)26/h3,5,7,11-15,18,21H,4,6,8-10H2,1-2H3,(H2,27,29,30,32)/t18-,21-/m0/s1. The topological polar surface area (TPSA) is 90.3 Å². The van der Waals surface area contributed by atoms with Crippen molar-refractivity contribution >= 4 is 23.1 Å². The summed E-state index contributed by atoms with van der Waals surface area (Å²) in [4.78, 5) is 16.5. The molecule has 2 fully saturated rings. The van der Waals surface area contributed by atoms with Gasteiger partial charge in [0.25, 0.3) is 0 Å². The summed E-state index contributed by atoms with van der Waals surface area (Å²) < 4.78 is 27.2. The van der Waals surface area contributed by atoms with Gasteiger partial charge < -0.3 is 20.1 Å². The second-order valence-electron chi connectivity index (χ2n) is 8.77. The van der Waals surface area contributed by atoms with Crippen LogP contribution in [0.4, 0.5) is 21.6 Å². The Labute approximate surface area is 197 Å². The van der Waals surface area contributed by atoms with Crippen LogP contribution in [-0.4, -0.2) is 41.1 Å². The van der Waals surface area contributed by atoms with Crippen molar-refractivity contribution in [3.05, 3.63) is 42.9 Å². The number of hydrogen-bond acceptors (Lipinski definition) is 6. The van der Waals surface area contributed by atoms with Gasteiger partial charge in [-0.25, -0.2) is 9.37 Å². The Hall–Kier alpha value is -3.62. The van der Waals surface area contributed by atoms with Gasteiger partial charge in [-0.15, -0.1) is 0 Å². The fourth-order valence-corrected chi connectivity index (χ4v) is 4.42. The van der Waals surface area contributed by atoms with Crippen LogP contribution in [-0.2, 0) is 4.79 Å². The van der Waals surface area contributed by atoms with Crippen LogP contribution >= 0.6 is 0 Å². The first kappa shape index (κ1) is 22.2. The van der Waals surface area contributed by atoms with E-state index in [1.807, 2.05) is 24.4 Å². The lowest BCUT2D eigenvalue weighted by Gasteiger charge is -2.17. The van der Waals surface area contributed by atoms with Gasteiger partial charge in [-0.3, -0.25) is 9.48 Å². The van der Waals surface area contributed by atoms with Gasteiger partial charge in [-0.05, 0) is 38.2 Å². The fourth-order valence-electron chi connectivity index (χ4n) is 4.42. The van der Waals surface area contributed by atoms with E-state index in [4.69, 9.17) is 9.47 Å². The minimum atomic E-state index is -0.864. The first-order valence-corrected chi connectivity index (χ1v) is 11.5. The van der Waals surface area contributed by atoms with E-state index in [-0.39, 0.29) is 17.9 Å². The number of carbonyl (C=O) groups is 1. The molecular weight excluding hydrogens is 437 g/mol. The molecule has 1 aromatic carbocycles. The highest BCUT2D eigenvalue weighted by atomic mass is 19.1. The summed E-state index contributed by atoms with van der Waals surface area (Å²) in [5.41, 5.74) is 3.03. The maximum Gasteiger partial charge on any atom is 0.228 e. The molecule has 2 saturated carbocycles. The normalized spacial score (nSPS) is 19.6. The number of halogens is 1. The number of carbonyl (C=O) groups excluding carboxylic acids is 1. The van der Waals surface area contributed by atoms with Gasteiger partial charge in [0.1, 0.15) is 17.7 Å². The molecule has 2 heterocycles. The second kappa shape index (κ2) is 9.32. The van der Waals surface area contributed by atoms with Crippen molar-refractivity contribution in [3.63, 3.8) is 0 Å². The Bertz CT molecular complexity index is 1190. The minimum Gasteiger partial charge on any atom is -0.494 e. The summed E-state index contributed by atoms with van der Waals surface area (Å²) in [7, 11) is 3.17. The van der Waals surface area contributed by atoms with E-state index in [0.717, 1.165) is 36.8 Å². The fraction of sp³-hybridized carbons (Fsp3) is 0.400. The van der Waals surface area contributed by atoms with Gasteiger partial charge in [0, 0.05) is 29.3 Å².